The molecule has 0 saturated heterocycles. The van der Waals surface area contributed by atoms with Gasteiger partial charge in [-0.25, -0.2) is 18.5 Å². The molecule has 0 unspecified atom stereocenters. The fraction of sp³-hybridized carbons (Fsp3) is 0.250. The predicted molar refractivity (Wildman–Crippen MR) is 109 cm³/mol. The van der Waals surface area contributed by atoms with E-state index < -0.39 is 10.0 Å². The van der Waals surface area contributed by atoms with Crippen LogP contribution in [0.5, 0.6) is 0 Å². The standard InChI is InChI=1S/C20H20N4O4S/c21-29(27,28)15-8-6-14(7-9-15)22-19(25)13-5-10-16-17(12-13)23-18-4-2-1-3-11-24(18)20(16)26/h5-10,12H,1-4,11H2,(H,22,25)(H2,21,27,28). The topological polar surface area (TPSA) is 124 Å². The minimum absolute atomic E-state index is 0.0356. The summed E-state index contributed by atoms with van der Waals surface area (Å²) in [5.41, 5.74) is 1.22. The lowest BCUT2D eigenvalue weighted by Crippen LogP contribution is -2.24. The quantitative estimate of drug-likeness (QED) is 0.681. The molecule has 0 bridgehead atoms. The van der Waals surface area contributed by atoms with Crippen LogP contribution in [0.2, 0.25) is 0 Å². The van der Waals surface area contributed by atoms with Gasteiger partial charge in [0.2, 0.25) is 10.0 Å². The van der Waals surface area contributed by atoms with E-state index in [0.29, 0.717) is 28.7 Å². The van der Waals surface area contributed by atoms with E-state index in [2.05, 4.69) is 10.3 Å². The van der Waals surface area contributed by atoms with Gasteiger partial charge in [-0.2, -0.15) is 0 Å². The number of rotatable bonds is 3. The summed E-state index contributed by atoms with van der Waals surface area (Å²) in [6, 6.07) is 10.4. The first-order chi connectivity index (χ1) is 13.8. The number of amides is 1. The maximum atomic E-state index is 12.8. The van der Waals surface area contributed by atoms with Crippen molar-refractivity contribution in [2.75, 3.05) is 5.32 Å². The number of carbonyl (C=O) groups is 1. The Labute approximate surface area is 167 Å². The Morgan fingerprint density at radius 2 is 1.83 bits per heavy atom. The Hall–Kier alpha value is -3.04. The molecule has 1 aliphatic rings. The molecule has 4 rings (SSSR count). The maximum absolute atomic E-state index is 12.8. The van der Waals surface area contributed by atoms with Crippen LogP contribution in [-0.4, -0.2) is 23.9 Å². The van der Waals surface area contributed by atoms with Crippen LogP contribution in [0.4, 0.5) is 5.69 Å². The Kier molecular flexibility index (Phi) is 4.93. The molecule has 9 heteroatoms. The molecular weight excluding hydrogens is 392 g/mol. The molecule has 2 heterocycles. The van der Waals surface area contributed by atoms with E-state index in [9.17, 15) is 18.0 Å². The van der Waals surface area contributed by atoms with E-state index in [0.717, 1.165) is 31.5 Å². The van der Waals surface area contributed by atoms with E-state index >= 15 is 0 Å². The maximum Gasteiger partial charge on any atom is 0.261 e. The number of sulfonamides is 1. The number of hydrogen-bond acceptors (Lipinski definition) is 5. The molecule has 8 nitrogen and oxygen atoms in total. The summed E-state index contributed by atoms with van der Waals surface area (Å²) in [5.74, 6) is 0.378. The van der Waals surface area contributed by atoms with Gasteiger partial charge < -0.3 is 5.32 Å². The highest BCUT2D eigenvalue weighted by molar-refractivity contribution is 7.89. The molecule has 0 aliphatic carbocycles. The van der Waals surface area contributed by atoms with Crippen LogP contribution >= 0.6 is 0 Å². The van der Waals surface area contributed by atoms with Crippen molar-refractivity contribution in [2.45, 2.75) is 37.1 Å². The van der Waals surface area contributed by atoms with E-state index in [1.54, 1.807) is 22.8 Å². The van der Waals surface area contributed by atoms with Gasteiger partial charge in [0.15, 0.2) is 0 Å². The lowest BCUT2D eigenvalue weighted by molar-refractivity contribution is 0.102. The highest BCUT2D eigenvalue weighted by atomic mass is 32.2. The van der Waals surface area contributed by atoms with Crippen LogP contribution in [0.1, 0.15) is 35.4 Å². The van der Waals surface area contributed by atoms with Crippen molar-refractivity contribution in [3.05, 3.63) is 64.2 Å². The number of aryl methyl sites for hydroxylation is 1. The van der Waals surface area contributed by atoms with Crippen LogP contribution in [-0.2, 0) is 23.0 Å². The van der Waals surface area contributed by atoms with Gasteiger partial charge in [0.05, 0.1) is 15.8 Å². The summed E-state index contributed by atoms with van der Waals surface area (Å²) in [4.78, 5) is 30.0. The van der Waals surface area contributed by atoms with Crippen molar-refractivity contribution < 1.29 is 13.2 Å². The average molecular weight is 412 g/mol. The average Bonchev–Trinajstić information content (AvgIpc) is 2.93. The molecule has 29 heavy (non-hydrogen) atoms. The van der Waals surface area contributed by atoms with E-state index in [4.69, 9.17) is 5.14 Å². The molecule has 1 amide bonds. The first-order valence-corrected chi connectivity index (χ1v) is 10.9. The fourth-order valence-electron chi connectivity index (χ4n) is 3.49. The van der Waals surface area contributed by atoms with Crippen molar-refractivity contribution in [3.63, 3.8) is 0 Å². The monoisotopic (exact) mass is 412 g/mol. The number of carbonyl (C=O) groups excluding carboxylic acids is 1. The molecule has 2 aromatic carbocycles. The lowest BCUT2D eigenvalue weighted by Gasteiger charge is -2.11. The molecule has 1 aromatic heterocycles. The van der Waals surface area contributed by atoms with Crippen LogP contribution < -0.4 is 16.0 Å². The number of primary sulfonamides is 1. The van der Waals surface area contributed by atoms with Crippen LogP contribution in [0.3, 0.4) is 0 Å². The number of aromatic nitrogens is 2. The highest BCUT2D eigenvalue weighted by Crippen LogP contribution is 2.18. The zero-order valence-corrected chi connectivity index (χ0v) is 16.4. The smallest absolute Gasteiger partial charge is 0.261 e. The second kappa shape index (κ2) is 7.41. The molecule has 150 valence electrons. The van der Waals surface area contributed by atoms with Crippen molar-refractivity contribution in [2.24, 2.45) is 5.14 Å². The molecule has 0 fully saturated rings. The predicted octanol–water partition coefficient (Wildman–Crippen LogP) is 2.02. The molecule has 1 aliphatic heterocycles. The molecular formula is C20H20N4O4S. The molecule has 0 spiro atoms. The molecule has 3 aromatic rings. The Morgan fingerprint density at radius 3 is 2.55 bits per heavy atom. The minimum Gasteiger partial charge on any atom is -0.322 e. The second-order valence-corrected chi connectivity index (χ2v) is 8.61. The summed E-state index contributed by atoms with van der Waals surface area (Å²) < 4.78 is 24.4. The summed E-state index contributed by atoms with van der Waals surface area (Å²) in [5, 5.41) is 8.27. The van der Waals surface area contributed by atoms with Crippen LogP contribution in [0.25, 0.3) is 10.9 Å². The van der Waals surface area contributed by atoms with Gasteiger partial charge >= 0.3 is 0 Å². The third kappa shape index (κ3) is 3.92. The normalized spacial score (nSPS) is 14.2. The summed E-state index contributed by atoms with van der Waals surface area (Å²) in [6.45, 7) is 0.674. The SMILES string of the molecule is NS(=O)(=O)c1ccc(NC(=O)c2ccc3c(=O)n4c(nc3c2)CCCCC4)cc1. The number of fused-ring (bicyclic) bond motifs is 2. The number of hydrogen-bond donors (Lipinski definition) is 2. The highest BCUT2D eigenvalue weighted by Gasteiger charge is 2.15. The Morgan fingerprint density at radius 1 is 1.07 bits per heavy atom. The number of benzene rings is 2. The van der Waals surface area contributed by atoms with Gasteiger partial charge in [-0.3, -0.25) is 14.2 Å². The second-order valence-electron chi connectivity index (χ2n) is 7.05. The van der Waals surface area contributed by atoms with Crippen LogP contribution in [0.15, 0.2) is 52.2 Å². The van der Waals surface area contributed by atoms with E-state index in [1.165, 1.54) is 24.3 Å². The lowest BCUT2D eigenvalue weighted by atomic mass is 10.1. The zero-order chi connectivity index (χ0) is 20.6. The van der Waals surface area contributed by atoms with Crippen molar-refractivity contribution in [3.8, 4) is 0 Å². The van der Waals surface area contributed by atoms with E-state index in [-0.39, 0.29) is 16.4 Å². The first-order valence-electron chi connectivity index (χ1n) is 9.31. The molecule has 0 radical (unpaired) electrons. The number of nitrogens with zero attached hydrogens (tertiary/aromatic N) is 2. The molecule has 3 N–H and O–H groups in total. The summed E-state index contributed by atoms with van der Waals surface area (Å²) >= 11 is 0. The van der Waals surface area contributed by atoms with Crippen LogP contribution in [0, 0.1) is 0 Å². The molecule has 0 atom stereocenters. The molecule has 0 saturated carbocycles. The van der Waals surface area contributed by atoms with Gasteiger partial charge in [-0.15, -0.1) is 0 Å². The number of nitrogens with one attached hydrogen (secondary N) is 1. The van der Waals surface area contributed by atoms with Gasteiger partial charge in [0.1, 0.15) is 5.82 Å². The minimum atomic E-state index is -3.79. The number of anilines is 1. The van der Waals surface area contributed by atoms with Gasteiger partial charge in [-0.1, -0.05) is 6.42 Å². The fourth-order valence-corrected chi connectivity index (χ4v) is 4.01. The third-order valence-corrected chi connectivity index (χ3v) is 5.95. The Balaban J connectivity index is 1.64. The summed E-state index contributed by atoms with van der Waals surface area (Å²) in [6.07, 6.45) is 3.77. The zero-order valence-electron chi connectivity index (χ0n) is 15.6. The summed E-state index contributed by atoms with van der Waals surface area (Å²) in [7, 11) is -3.79. The van der Waals surface area contributed by atoms with Gasteiger partial charge in [-0.05, 0) is 55.3 Å². The number of nitrogens with two attached hydrogens (primary N) is 1. The Bertz CT molecular complexity index is 1260. The largest absolute Gasteiger partial charge is 0.322 e. The van der Waals surface area contributed by atoms with E-state index in [1.807, 2.05) is 0 Å². The third-order valence-electron chi connectivity index (χ3n) is 5.02. The van der Waals surface area contributed by atoms with Gasteiger partial charge in [0.25, 0.3) is 11.5 Å². The van der Waals surface area contributed by atoms with Crippen molar-refractivity contribution >= 4 is 32.5 Å². The van der Waals surface area contributed by atoms with Gasteiger partial charge in [0, 0.05) is 24.2 Å². The first kappa shape index (κ1) is 19.3. The van der Waals surface area contributed by atoms with Crippen molar-refractivity contribution in [1.29, 1.82) is 0 Å². The van der Waals surface area contributed by atoms with Crippen molar-refractivity contribution in [1.82, 2.24) is 9.55 Å².